The molecule has 6 nitrogen and oxygen atoms in total. The van der Waals surface area contributed by atoms with Crippen LogP contribution in [0.1, 0.15) is 46.0 Å². The fraction of sp³-hybridized carbons (Fsp3) is 0.786. The van der Waals surface area contributed by atoms with E-state index in [0.29, 0.717) is 13.0 Å². The predicted molar refractivity (Wildman–Crippen MR) is 72.0 cm³/mol. The highest BCUT2D eigenvalue weighted by Crippen LogP contribution is 2.27. The van der Waals surface area contributed by atoms with Gasteiger partial charge in [0.1, 0.15) is 6.04 Å². The summed E-state index contributed by atoms with van der Waals surface area (Å²) in [5, 5.41) is 9.37. The highest BCUT2D eigenvalue weighted by atomic mass is 16.4. The number of likely N-dealkylation sites (tertiary alicyclic amines) is 2. The van der Waals surface area contributed by atoms with Gasteiger partial charge in [-0.2, -0.15) is 0 Å². The maximum atomic E-state index is 12.4. The summed E-state index contributed by atoms with van der Waals surface area (Å²) in [6.45, 7) is 4.18. The Bertz CT molecular complexity index is 421. The molecule has 2 aliphatic heterocycles. The van der Waals surface area contributed by atoms with E-state index >= 15 is 0 Å². The molecule has 6 heteroatoms. The SMILES string of the molecule is CC(C)N1C(=O)CC(N2CCCCCC2C(=O)O)C1=O. The maximum absolute atomic E-state index is 12.4. The summed E-state index contributed by atoms with van der Waals surface area (Å²) in [5.74, 6) is -1.32. The molecule has 2 aliphatic rings. The first kappa shape index (κ1) is 15.0. The van der Waals surface area contributed by atoms with Crippen LogP contribution in [0.15, 0.2) is 0 Å². The molecule has 0 saturated carbocycles. The van der Waals surface area contributed by atoms with Crippen LogP contribution in [0, 0.1) is 0 Å². The van der Waals surface area contributed by atoms with Crippen molar-refractivity contribution in [1.82, 2.24) is 9.80 Å². The van der Waals surface area contributed by atoms with Gasteiger partial charge in [0, 0.05) is 6.04 Å². The molecule has 0 aromatic heterocycles. The van der Waals surface area contributed by atoms with E-state index in [9.17, 15) is 19.5 Å². The first-order valence-corrected chi connectivity index (χ1v) is 7.28. The molecule has 0 aromatic carbocycles. The predicted octanol–water partition coefficient (Wildman–Crippen LogP) is 0.852. The molecule has 2 amide bonds. The van der Waals surface area contributed by atoms with Gasteiger partial charge in [-0.15, -0.1) is 0 Å². The molecule has 0 aliphatic carbocycles. The largest absolute Gasteiger partial charge is 0.480 e. The highest BCUT2D eigenvalue weighted by Gasteiger charge is 2.46. The average Bonchev–Trinajstić information content (AvgIpc) is 2.54. The number of hydrogen-bond acceptors (Lipinski definition) is 4. The van der Waals surface area contributed by atoms with Gasteiger partial charge in [0.25, 0.3) is 0 Å². The first-order valence-electron chi connectivity index (χ1n) is 7.28. The third kappa shape index (κ3) is 2.70. The Morgan fingerprint density at radius 1 is 1.25 bits per heavy atom. The minimum atomic E-state index is -0.893. The zero-order valence-electron chi connectivity index (χ0n) is 12.0. The van der Waals surface area contributed by atoms with Gasteiger partial charge in [0.05, 0.1) is 12.5 Å². The fourth-order valence-electron chi connectivity index (χ4n) is 3.20. The van der Waals surface area contributed by atoms with Crippen LogP contribution in [-0.4, -0.2) is 57.4 Å². The van der Waals surface area contributed by atoms with Crippen LogP contribution < -0.4 is 0 Å². The highest BCUT2D eigenvalue weighted by molar-refractivity contribution is 6.06. The van der Waals surface area contributed by atoms with Gasteiger partial charge in [-0.1, -0.05) is 12.8 Å². The topological polar surface area (TPSA) is 77.9 Å². The number of rotatable bonds is 3. The standard InChI is InChI=1S/C14H22N2O4/c1-9(2)16-12(17)8-11(13(16)18)15-7-5-3-4-6-10(15)14(19)20/h9-11H,3-8H2,1-2H3,(H,19,20). The van der Waals surface area contributed by atoms with Gasteiger partial charge < -0.3 is 5.11 Å². The number of carbonyl (C=O) groups excluding carboxylic acids is 2. The summed E-state index contributed by atoms with van der Waals surface area (Å²) >= 11 is 0. The number of carboxylic acids is 1. The second kappa shape index (κ2) is 5.91. The van der Waals surface area contributed by atoms with E-state index in [1.54, 1.807) is 18.7 Å². The number of carboxylic acid groups (broad SMARTS) is 1. The second-order valence-electron chi connectivity index (χ2n) is 5.86. The molecule has 0 aromatic rings. The van der Waals surface area contributed by atoms with E-state index in [-0.39, 0.29) is 24.3 Å². The smallest absolute Gasteiger partial charge is 0.320 e. The lowest BCUT2D eigenvalue weighted by Crippen LogP contribution is -2.51. The molecule has 2 fully saturated rings. The Hall–Kier alpha value is -1.43. The summed E-state index contributed by atoms with van der Waals surface area (Å²) in [7, 11) is 0. The Morgan fingerprint density at radius 2 is 1.95 bits per heavy atom. The van der Waals surface area contributed by atoms with E-state index in [2.05, 4.69) is 0 Å². The normalized spacial score (nSPS) is 29.1. The van der Waals surface area contributed by atoms with Crippen molar-refractivity contribution in [1.29, 1.82) is 0 Å². The van der Waals surface area contributed by atoms with E-state index in [0.717, 1.165) is 19.3 Å². The number of carbonyl (C=O) groups is 3. The Labute approximate surface area is 118 Å². The Morgan fingerprint density at radius 3 is 2.50 bits per heavy atom. The number of amides is 2. The Balaban J connectivity index is 2.22. The van der Waals surface area contributed by atoms with Crippen LogP contribution in [0.3, 0.4) is 0 Å². The van der Waals surface area contributed by atoms with E-state index < -0.39 is 18.1 Å². The summed E-state index contributed by atoms with van der Waals surface area (Å²) in [4.78, 5) is 38.8. The van der Waals surface area contributed by atoms with Crippen molar-refractivity contribution >= 4 is 17.8 Å². The van der Waals surface area contributed by atoms with Crippen molar-refractivity contribution in [2.45, 2.75) is 64.1 Å². The average molecular weight is 282 g/mol. The molecule has 2 rings (SSSR count). The quantitative estimate of drug-likeness (QED) is 0.776. The van der Waals surface area contributed by atoms with Crippen molar-refractivity contribution in [3.8, 4) is 0 Å². The van der Waals surface area contributed by atoms with Gasteiger partial charge >= 0.3 is 5.97 Å². The molecular formula is C14H22N2O4. The van der Waals surface area contributed by atoms with Gasteiger partial charge in [0.2, 0.25) is 11.8 Å². The number of hydrogen-bond donors (Lipinski definition) is 1. The lowest BCUT2D eigenvalue weighted by atomic mass is 10.1. The van der Waals surface area contributed by atoms with E-state index in [4.69, 9.17) is 0 Å². The lowest BCUT2D eigenvalue weighted by Gasteiger charge is -2.31. The van der Waals surface area contributed by atoms with E-state index in [1.807, 2.05) is 0 Å². The molecule has 112 valence electrons. The summed E-state index contributed by atoms with van der Waals surface area (Å²) in [6, 6.07) is -1.41. The molecular weight excluding hydrogens is 260 g/mol. The molecule has 1 N–H and O–H groups in total. The van der Waals surface area contributed by atoms with Crippen LogP contribution in [0.2, 0.25) is 0 Å². The van der Waals surface area contributed by atoms with Gasteiger partial charge in [-0.05, 0) is 33.2 Å². The summed E-state index contributed by atoms with van der Waals surface area (Å²) in [5.41, 5.74) is 0. The van der Waals surface area contributed by atoms with Crippen LogP contribution in [-0.2, 0) is 14.4 Å². The van der Waals surface area contributed by atoms with E-state index in [1.165, 1.54) is 4.90 Å². The van der Waals surface area contributed by atoms with Crippen LogP contribution in [0.4, 0.5) is 0 Å². The second-order valence-corrected chi connectivity index (χ2v) is 5.86. The van der Waals surface area contributed by atoms with Gasteiger partial charge in [0.15, 0.2) is 0 Å². The monoisotopic (exact) mass is 282 g/mol. The van der Waals surface area contributed by atoms with Crippen molar-refractivity contribution in [3.05, 3.63) is 0 Å². The Kier molecular flexibility index (Phi) is 4.42. The minimum absolute atomic E-state index is 0.112. The van der Waals surface area contributed by atoms with Crippen LogP contribution in [0.5, 0.6) is 0 Å². The van der Waals surface area contributed by atoms with Crippen molar-refractivity contribution in [3.63, 3.8) is 0 Å². The minimum Gasteiger partial charge on any atom is -0.480 e. The molecule has 0 spiro atoms. The summed E-state index contributed by atoms with van der Waals surface area (Å²) < 4.78 is 0. The first-order chi connectivity index (χ1) is 9.43. The van der Waals surface area contributed by atoms with Crippen LogP contribution >= 0.6 is 0 Å². The molecule has 2 saturated heterocycles. The fourth-order valence-corrected chi connectivity index (χ4v) is 3.20. The zero-order valence-corrected chi connectivity index (χ0v) is 12.0. The zero-order chi connectivity index (χ0) is 14.9. The lowest BCUT2D eigenvalue weighted by molar-refractivity contribution is -0.146. The third-order valence-electron chi connectivity index (χ3n) is 4.16. The van der Waals surface area contributed by atoms with Crippen LogP contribution in [0.25, 0.3) is 0 Å². The van der Waals surface area contributed by atoms with Crippen molar-refractivity contribution in [2.75, 3.05) is 6.54 Å². The maximum Gasteiger partial charge on any atom is 0.320 e. The molecule has 0 bridgehead atoms. The van der Waals surface area contributed by atoms with Gasteiger partial charge in [-0.3, -0.25) is 24.2 Å². The van der Waals surface area contributed by atoms with Crippen molar-refractivity contribution < 1.29 is 19.5 Å². The molecule has 20 heavy (non-hydrogen) atoms. The van der Waals surface area contributed by atoms with Crippen molar-refractivity contribution in [2.24, 2.45) is 0 Å². The summed E-state index contributed by atoms with van der Waals surface area (Å²) in [6.07, 6.45) is 3.37. The van der Waals surface area contributed by atoms with Gasteiger partial charge in [-0.25, -0.2) is 0 Å². The molecule has 0 radical (unpaired) electrons. The third-order valence-corrected chi connectivity index (χ3v) is 4.16. The number of aliphatic carboxylic acids is 1. The number of imide groups is 1. The molecule has 2 unspecified atom stereocenters. The number of nitrogens with zero attached hydrogens (tertiary/aromatic N) is 2. The molecule has 2 heterocycles. The molecule has 2 atom stereocenters.